The molecule has 0 bridgehead atoms. The summed E-state index contributed by atoms with van der Waals surface area (Å²) in [5.41, 5.74) is 8.24. The lowest BCUT2D eigenvalue weighted by Gasteiger charge is -2.40. The average Bonchev–Trinajstić information content (AvgIpc) is 3.70. The van der Waals surface area contributed by atoms with E-state index in [-0.39, 0.29) is 29.0 Å². The average molecular weight is 1010 g/mol. The summed E-state index contributed by atoms with van der Waals surface area (Å²) in [6.45, 7) is 22.6. The Bertz CT molecular complexity index is 2940. The summed E-state index contributed by atoms with van der Waals surface area (Å²) in [5, 5.41) is 6.76. The van der Waals surface area contributed by atoms with Gasteiger partial charge in [0.05, 0.1) is 29.4 Å². The maximum absolute atomic E-state index is 15.6. The van der Waals surface area contributed by atoms with E-state index in [1.54, 1.807) is 28.9 Å². The first kappa shape index (κ1) is 53.1. The molecule has 1 aromatic heterocycles. The normalized spacial score (nSPS) is 15.3. The van der Waals surface area contributed by atoms with Crippen LogP contribution in [0.5, 0.6) is 5.75 Å². The summed E-state index contributed by atoms with van der Waals surface area (Å²) in [5.74, 6) is -0.376. The van der Waals surface area contributed by atoms with E-state index in [0.29, 0.717) is 85.7 Å². The molecule has 0 radical (unpaired) electrons. The van der Waals surface area contributed by atoms with Crippen LogP contribution >= 0.6 is 0 Å². The zero-order valence-electron chi connectivity index (χ0n) is 43.9. The standard InChI is InChI=1S/C59H73N7O6S/c1-8-11-27-64(38-45-20-19-41(4)42(5)34-45)59(69)56-43(6)44(7)66(60-56)54-24-22-48(36-53(54)58(68)65-39-49-16-13-12-15-47(49)35-50(65)40-63-28-31-71-32-29-63)57(67)61-73(70)51-23-21-46-17-14-18-55(52(46)37-51)72-33-30-62(25-9-2)26-10-3/h12-24,34,36-37,50H,8-11,25-33,35,38-40H2,1-7H3,(H,61,67). The number of benzene rings is 5. The summed E-state index contributed by atoms with van der Waals surface area (Å²) in [4.78, 5) is 53.6. The van der Waals surface area contributed by atoms with Crippen molar-refractivity contribution in [1.82, 2.24) is 34.1 Å². The second kappa shape index (κ2) is 24.7. The fourth-order valence-electron chi connectivity index (χ4n) is 10.1. The molecular formula is C59H73N7O6S. The minimum Gasteiger partial charge on any atom is -0.492 e. The van der Waals surface area contributed by atoms with Gasteiger partial charge >= 0.3 is 0 Å². The SMILES string of the molecule is CCCCN(Cc1ccc(C)c(C)c1)C(=O)c1nn(-c2ccc(C(=O)NS(=O)c3ccc4cccc(OCCN(CCC)CCC)c4c3)cc2C(=O)N2Cc3ccccc3CC2CN2CCOCC2)c(C)c1C. The number of aromatic nitrogens is 2. The van der Waals surface area contributed by atoms with Crippen LogP contribution in [0.2, 0.25) is 0 Å². The topological polar surface area (TPSA) is 130 Å². The molecule has 1 saturated heterocycles. The molecule has 1 N–H and O–H groups in total. The molecule has 2 atom stereocenters. The molecule has 0 aliphatic carbocycles. The molecule has 73 heavy (non-hydrogen) atoms. The number of hydrogen-bond acceptors (Lipinski definition) is 9. The molecular weight excluding hydrogens is 935 g/mol. The highest BCUT2D eigenvalue weighted by molar-refractivity contribution is 7.83. The van der Waals surface area contributed by atoms with Crippen molar-refractivity contribution in [1.29, 1.82) is 0 Å². The van der Waals surface area contributed by atoms with Gasteiger partial charge in [-0.2, -0.15) is 5.10 Å². The molecule has 13 nitrogen and oxygen atoms in total. The highest BCUT2D eigenvalue weighted by Gasteiger charge is 2.35. The van der Waals surface area contributed by atoms with Crippen LogP contribution in [0, 0.1) is 27.7 Å². The summed E-state index contributed by atoms with van der Waals surface area (Å²) < 4.78 is 30.6. The Kier molecular flexibility index (Phi) is 18.0. The number of hydrogen-bond donors (Lipinski definition) is 1. The first-order valence-corrected chi connectivity index (χ1v) is 27.4. The minimum atomic E-state index is -1.96. The largest absolute Gasteiger partial charge is 0.492 e. The van der Waals surface area contributed by atoms with Gasteiger partial charge in [0.1, 0.15) is 12.4 Å². The molecule has 6 aromatic rings. The summed E-state index contributed by atoms with van der Waals surface area (Å²) in [6, 6.07) is 30.6. The molecule has 0 saturated carbocycles. The van der Waals surface area contributed by atoms with Gasteiger partial charge in [0.2, 0.25) is 0 Å². The van der Waals surface area contributed by atoms with Gasteiger partial charge in [-0.3, -0.25) is 28.9 Å². The number of rotatable bonds is 21. The van der Waals surface area contributed by atoms with Gasteiger partial charge in [0.25, 0.3) is 17.7 Å². The Hall–Kier alpha value is -6.19. The number of nitrogens with one attached hydrogen (secondary N) is 1. The number of ether oxygens (including phenoxy) is 2. The summed E-state index contributed by atoms with van der Waals surface area (Å²) >= 11 is 0. The molecule has 5 aromatic carbocycles. The molecule has 14 heteroatoms. The van der Waals surface area contributed by atoms with Gasteiger partial charge in [-0.15, -0.1) is 0 Å². The number of carbonyl (C=O) groups excluding carboxylic acids is 3. The lowest BCUT2D eigenvalue weighted by atomic mass is 9.92. The van der Waals surface area contributed by atoms with E-state index in [2.05, 4.69) is 79.5 Å². The van der Waals surface area contributed by atoms with Crippen molar-refractivity contribution in [2.45, 2.75) is 105 Å². The second-order valence-corrected chi connectivity index (χ2v) is 20.9. The lowest BCUT2D eigenvalue weighted by molar-refractivity contribution is 0.0192. The van der Waals surface area contributed by atoms with Crippen molar-refractivity contribution in [2.75, 3.05) is 65.6 Å². The van der Waals surface area contributed by atoms with Crippen LogP contribution in [0.1, 0.15) is 117 Å². The molecule has 3 amide bonds. The lowest BCUT2D eigenvalue weighted by Crippen LogP contribution is -2.52. The summed E-state index contributed by atoms with van der Waals surface area (Å²) in [6.07, 6.45) is 4.56. The van der Waals surface area contributed by atoms with Crippen LogP contribution in [0.25, 0.3) is 16.5 Å². The predicted molar refractivity (Wildman–Crippen MR) is 290 cm³/mol. The number of morpholine rings is 1. The highest BCUT2D eigenvalue weighted by atomic mass is 32.2. The van der Waals surface area contributed by atoms with Gasteiger partial charge < -0.3 is 19.3 Å². The number of amides is 3. The number of nitrogens with zero attached hydrogens (tertiary/aromatic N) is 6. The number of aryl methyl sites for hydroxylation is 2. The van der Waals surface area contributed by atoms with Gasteiger partial charge in [-0.05, 0) is 136 Å². The van der Waals surface area contributed by atoms with E-state index in [0.717, 1.165) is 80.3 Å². The molecule has 0 spiro atoms. The maximum Gasteiger partial charge on any atom is 0.274 e. The van der Waals surface area contributed by atoms with Gasteiger partial charge in [0, 0.05) is 74.1 Å². The number of carbonyl (C=O) groups is 3. The van der Waals surface area contributed by atoms with E-state index in [4.69, 9.17) is 14.6 Å². The van der Waals surface area contributed by atoms with Crippen LogP contribution in [0.3, 0.4) is 0 Å². The first-order valence-electron chi connectivity index (χ1n) is 26.2. The number of fused-ring (bicyclic) bond motifs is 2. The summed E-state index contributed by atoms with van der Waals surface area (Å²) in [7, 11) is -1.96. The van der Waals surface area contributed by atoms with E-state index < -0.39 is 16.9 Å². The molecule has 2 aliphatic rings. The third-order valence-corrected chi connectivity index (χ3v) is 15.5. The fraction of sp³-hybridized carbons (Fsp3) is 0.424. The Balaban J connectivity index is 1.13. The molecule has 2 aliphatic heterocycles. The Labute approximate surface area is 434 Å². The monoisotopic (exact) mass is 1010 g/mol. The van der Waals surface area contributed by atoms with Crippen LogP contribution < -0.4 is 9.46 Å². The van der Waals surface area contributed by atoms with E-state index in [1.165, 1.54) is 16.7 Å². The maximum atomic E-state index is 15.6. The molecule has 2 unspecified atom stereocenters. The van der Waals surface area contributed by atoms with Crippen LogP contribution in [0.15, 0.2) is 102 Å². The van der Waals surface area contributed by atoms with Gasteiger partial charge in [-0.1, -0.05) is 87.9 Å². The minimum absolute atomic E-state index is 0.160. The van der Waals surface area contributed by atoms with Crippen LogP contribution in [0.4, 0.5) is 0 Å². The molecule has 8 rings (SSSR count). The van der Waals surface area contributed by atoms with Crippen molar-refractivity contribution in [3.8, 4) is 11.4 Å². The van der Waals surface area contributed by atoms with E-state index in [9.17, 15) is 13.8 Å². The molecule has 1 fully saturated rings. The highest BCUT2D eigenvalue weighted by Crippen LogP contribution is 2.31. The van der Waals surface area contributed by atoms with Gasteiger partial charge in [-0.25, -0.2) is 8.89 Å². The Morgan fingerprint density at radius 1 is 0.808 bits per heavy atom. The van der Waals surface area contributed by atoms with Crippen molar-refractivity contribution < 1.29 is 28.1 Å². The van der Waals surface area contributed by atoms with Crippen molar-refractivity contribution in [2.24, 2.45) is 0 Å². The van der Waals surface area contributed by atoms with Gasteiger partial charge in [0.15, 0.2) is 16.7 Å². The quantitative estimate of drug-likeness (QED) is 0.0750. The third kappa shape index (κ3) is 12.6. The zero-order valence-corrected chi connectivity index (χ0v) is 44.7. The second-order valence-electron chi connectivity index (χ2n) is 19.7. The van der Waals surface area contributed by atoms with Crippen LogP contribution in [-0.2, 0) is 35.2 Å². The Morgan fingerprint density at radius 3 is 2.32 bits per heavy atom. The zero-order chi connectivity index (χ0) is 51.6. The van der Waals surface area contributed by atoms with E-state index in [1.807, 2.05) is 66.1 Å². The van der Waals surface area contributed by atoms with Crippen molar-refractivity contribution in [3.63, 3.8) is 0 Å². The van der Waals surface area contributed by atoms with E-state index >= 15 is 4.79 Å². The molecule has 386 valence electrons. The third-order valence-electron chi connectivity index (χ3n) is 14.5. The van der Waals surface area contributed by atoms with Crippen molar-refractivity contribution in [3.05, 3.63) is 153 Å². The smallest absolute Gasteiger partial charge is 0.274 e. The Morgan fingerprint density at radius 2 is 1.58 bits per heavy atom. The number of unbranched alkanes of at least 4 members (excludes halogenated alkanes) is 1. The fourth-order valence-corrected chi connectivity index (χ4v) is 10.9. The first-order chi connectivity index (χ1) is 35.4. The molecule has 3 heterocycles. The van der Waals surface area contributed by atoms with Crippen molar-refractivity contribution >= 4 is 39.5 Å². The predicted octanol–water partition coefficient (Wildman–Crippen LogP) is 9.55. The van der Waals surface area contributed by atoms with Crippen LogP contribution in [-0.4, -0.2) is 123 Å².